The van der Waals surface area contributed by atoms with E-state index in [-0.39, 0.29) is 36.4 Å². The maximum atomic E-state index is 13.5. The number of benzene rings is 1. The number of piperazine rings is 1. The number of amides is 3. The summed E-state index contributed by atoms with van der Waals surface area (Å²) in [4.78, 5) is 29.5. The van der Waals surface area contributed by atoms with Crippen LogP contribution in [0.15, 0.2) is 18.2 Å². The normalized spacial score (nSPS) is 22.8. The van der Waals surface area contributed by atoms with E-state index in [1.807, 2.05) is 0 Å². The highest BCUT2D eigenvalue weighted by Crippen LogP contribution is 2.40. The molecule has 1 aromatic carbocycles. The second kappa shape index (κ2) is 7.27. The molecular weight excluding hydrogens is 411 g/mol. The molecule has 0 unspecified atom stereocenters. The van der Waals surface area contributed by atoms with Crippen molar-refractivity contribution >= 4 is 29.4 Å². The molecule has 0 N–H and O–H groups in total. The number of ether oxygens (including phenoxy) is 1. The van der Waals surface area contributed by atoms with Crippen LogP contribution in [0.2, 0.25) is 5.02 Å². The number of rotatable bonds is 1. The summed E-state index contributed by atoms with van der Waals surface area (Å²) in [6.45, 7) is 7.49. The number of fused-ring (bicyclic) bond motifs is 1. The van der Waals surface area contributed by atoms with Gasteiger partial charge in [0.1, 0.15) is 5.60 Å². The minimum atomic E-state index is -4.65. The molecule has 10 heteroatoms. The van der Waals surface area contributed by atoms with Crippen molar-refractivity contribution in [1.29, 1.82) is 0 Å². The van der Waals surface area contributed by atoms with Crippen molar-refractivity contribution in [3.63, 3.8) is 0 Å². The van der Waals surface area contributed by atoms with Gasteiger partial charge in [-0.25, -0.2) is 9.59 Å². The maximum Gasteiger partial charge on any atom is 0.418 e. The zero-order valence-electron chi connectivity index (χ0n) is 16.6. The van der Waals surface area contributed by atoms with E-state index in [9.17, 15) is 22.8 Å². The van der Waals surface area contributed by atoms with Crippen molar-refractivity contribution in [3.8, 4) is 0 Å². The number of hydrogen-bond donors (Lipinski definition) is 0. The first-order valence-electron chi connectivity index (χ1n) is 9.22. The van der Waals surface area contributed by atoms with Gasteiger partial charge in [0.2, 0.25) is 0 Å². The zero-order chi connectivity index (χ0) is 21.7. The molecule has 0 radical (unpaired) electrons. The van der Waals surface area contributed by atoms with Crippen LogP contribution >= 0.6 is 11.6 Å². The molecule has 160 valence electrons. The Balaban J connectivity index is 1.85. The van der Waals surface area contributed by atoms with Crippen LogP contribution in [0.1, 0.15) is 33.3 Å². The molecule has 1 aromatic rings. The standard InChI is InChI=1S/C19H23ClF3N3O3/c1-11-8-25-13(9-24(11)17(28)29-18(2,3)4)10-26(16(25)27)15-6-5-12(20)7-14(15)19(21,22)23/h5-7,11,13H,8-10H2,1-4H3/t11-,13+/m1/s1. The van der Waals surface area contributed by atoms with Crippen LogP contribution in [-0.2, 0) is 10.9 Å². The fraction of sp³-hybridized carbons (Fsp3) is 0.579. The first-order chi connectivity index (χ1) is 13.3. The van der Waals surface area contributed by atoms with Gasteiger partial charge in [0, 0.05) is 30.7 Å². The third-order valence-corrected chi connectivity index (χ3v) is 5.13. The van der Waals surface area contributed by atoms with Crippen LogP contribution < -0.4 is 4.90 Å². The Labute approximate surface area is 172 Å². The van der Waals surface area contributed by atoms with E-state index in [1.165, 1.54) is 21.9 Å². The zero-order valence-corrected chi connectivity index (χ0v) is 17.3. The van der Waals surface area contributed by atoms with Gasteiger partial charge >= 0.3 is 18.3 Å². The lowest BCUT2D eigenvalue weighted by molar-refractivity contribution is -0.137. The van der Waals surface area contributed by atoms with Crippen LogP contribution in [0.4, 0.5) is 28.4 Å². The van der Waals surface area contributed by atoms with Crippen molar-refractivity contribution < 1.29 is 27.5 Å². The first kappa shape index (κ1) is 21.5. The molecule has 6 nitrogen and oxygen atoms in total. The predicted octanol–water partition coefficient (Wildman–Crippen LogP) is 4.61. The summed E-state index contributed by atoms with van der Waals surface area (Å²) in [5.41, 5.74) is -1.87. The summed E-state index contributed by atoms with van der Waals surface area (Å²) in [5.74, 6) is 0. The average molecular weight is 434 g/mol. The molecule has 0 bridgehead atoms. The number of nitrogens with zero attached hydrogens (tertiary/aromatic N) is 3. The van der Waals surface area contributed by atoms with E-state index in [0.29, 0.717) is 0 Å². The van der Waals surface area contributed by atoms with E-state index in [2.05, 4.69) is 0 Å². The van der Waals surface area contributed by atoms with Gasteiger partial charge in [0.15, 0.2) is 0 Å². The van der Waals surface area contributed by atoms with Crippen LogP contribution in [0.5, 0.6) is 0 Å². The summed E-state index contributed by atoms with van der Waals surface area (Å²) < 4.78 is 45.9. The number of halogens is 4. The topological polar surface area (TPSA) is 53.1 Å². The van der Waals surface area contributed by atoms with E-state index in [1.54, 1.807) is 27.7 Å². The molecule has 0 saturated carbocycles. The molecule has 3 rings (SSSR count). The largest absolute Gasteiger partial charge is 0.444 e. The van der Waals surface area contributed by atoms with Gasteiger partial charge in [-0.3, -0.25) is 4.90 Å². The molecule has 0 spiro atoms. The summed E-state index contributed by atoms with van der Waals surface area (Å²) in [5, 5.41) is -0.0600. The monoisotopic (exact) mass is 433 g/mol. The molecule has 2 heterocycles. The number of hydrogen-bond acceptors (Lipinski definition) is 3. The van der Waals surface area contributed by atoms with Crippen LogP contribution in [0, 0.1) is 0 Å². The lowest BCUT2D eigenvalue weighted by atomic mass is 10.1. The number of anilines is 1. The van der Waals surface area contributed by atoms with Gasteiger partial charge in [0.25, 0.3) is 0 Å². The van der Waals surface area contributed by atoms with Gasteiger partial charge in [0.05, 0.1) is 17.3 Å². The summed E-state index contributed by atoms with van der Waals surface area (Å²) in [6, 6.07) is 2.08. The van der Waals surface area contributed by atoms with Gasteiger partial charge in [-0.2, -0.15) is 13.2 Å². The second-order valence-corrected chi connectivity index (χ2v) is 8.78. The average Bonchev–Trinajstić information content (AvgIpc) is 2.88. The third kappa shape index (κ3) is 4.39. The SMILES string of the molecule is C[C@@H]1CN2C(=O)N(c3ccc(Cl)cc3C(F)(F)F)C[C@@H]2CN1C(=O)OC(C)(C)C. The van der Waals surface area contributed by atoms with E-state index >= 15 is 0 Å². The highest BCUT2D eigenvalue weighted by atomic mass is 35.5. The molecule has 2 fully saturated rings. The van der Waals surface area contributed by atoms with Gasteiger partial charge in [-0.1, -0.05) is 11.6 Å². The van der Waals surface area contributed by atoms with Crippen molar-refractivity contribution in [2.45, 2.75) is 51.6 Å². The first-order valence-corrected chi connectivity index (χ1v) is 9.60. The van der Waals surface area contributed by atoms with Crippen LogP contribution in [0.3, 0.4) is 0 Å². The van der Waals surface area contributed by atoms with Crippen molar-refractivity contribution in [3.05, 3.63) is 28.8 Å². The third-order valence-electron chi connectivity index (χ3n) is 4.89. The van der Waals surface area contributed by atoms with E-state index < -0.39 is 35.5 Å². The highest BCUT2D eigenvalue weighted by Gasteiger charge is 2.47. The molecular formula is C19H23ClF3N3O3. The summed E-state index contributed by atoms with van der Waals surface area (Å²) in [7, 11) is 0. The summed E-state index contributed by atoms with van der Waals surface area (Å²) >= 11 is 5.74. The van der Waals surface area contributed by atoms with Gasteiger partial charge < -0.3 is 14.5 Å². The molecule has 3 amide bonds. The minimum Gasteiger partial charge on any atom is -0.444 e. The van der Waals surface area contributed by atoms with E-state index in [4.69, 9.17) is 16.3 Å². The Morgan fingerprint density at radius 2 is 1.83 bits per heavy atom. The molecule has 0 aliphatic carbocycles. The highest BCUT2D eigenvalue weighted by molar-refractivity contribution is 6.30. The number of urea groups is 1. The summed E-state index contributed by atoms with van der Waals surface area (Å²) in [6.07, 6.45) is -5.16. The fourth-order valence-electron chi connectivity index (χ4n) is 3.62. The molecule has 2 saturated heterocycles. The number of carbonyl (C=O) groups is 2. The fourth-order valence-corrected chi connectivity index (χ4v) is 3.79. The molecule has 2 aliphatic rings. The van der Waals surface area contributed by atoms with Crippen LogP contribution in [0.25, 0.3) is 0 Å². The number of carbonyl (C=O) groups excluding carboxylic acids is 2. The molecule has 2 atom stereocenters. The van der Waals surface area contributed by atoms with Crippen molar-refractivity contribution in [1.82, 2.24) is 9.80 Å². The quantitative estimate of drug-likeness (QED) is 0.650. The number of alkyl halides is 3. The van der Waals surface area contributed by atoms with Gasteiger partial charge in [-0.05, 0) is 45.9 Å². The molecule has 0 aromatic heterocycles. The lowest BCUT2D eigenvalue weighted by Gasteiger charge is -2.41. The van der Waals surface area contributed by atoms with E-state index in [0.717, 1.165) is 11.0 Å². The molecule has 2 aliphatic heterocycles. The Bertz CT molecular complexity index is 825. The van der Waals surface area contributed by atoms with Crippen molar-refractivity contribution in [2.24, 2.45) is 0 Å². The van der Waals surface area contributed by atoms with Gasteiger partial charge in [-0.15, -0.1) is 0 Å². The molecule has 29 heavy (non-hydrogen) atoms. The Hall–Kier alpha value is -2.16. The lowest BCUT2D eigenvalue weighted by Crippen LogP contribution is -2.58. The Morgan fingerprint density at radius 1 is 1.17 bits per heavy atom. The van der Waals surface area contributed by atoms with Crippen LogP contribution in [-0.4, -0.2) is 59.2 Å². The predicted molar refractivity (Wildman–Crippen MR) is 102 cm³/mol. The van der Waals surface area contributed by atoms with Crippen molar-refractivity contribution in [2.75, 3.05) is 24.5 Å². The maximum absolute atomic E-state index is 13.5. The second-order valence-electron chi connectivity index (χ2n) is 8.34. The minimum absolute atomic E-state index is 0.0373. The Morgan fingerprint density at radius 3 is 2.41 bits per heavy atom. The smallest absolute Gasteiger partial charge is 0.418 e. The Kier molecular flexibility index (Phi) is 5.40.